The van der Waals surface area contributed by atoms with Gasteiger partial charge in [0.2, 0.25) is 0 Å². The van der Waals surface area contributed by atoms with Gasteiger partial charge in [0.25, 0.3) is 0 Å². The second-order valence-corrected chi connectivity index (χ2v) is 4.72. The average Bonchev–Trinajstić information content (AvgIpc) is 2.54. The minimum Gasteiger partial charge on any atom is -0.489 e. The molecule has 0 aliphatic heterocycles. The van der Waals surface area contributed by atoms with E-state index in [9.17, 15) is 9.18 Å². The molecule has 23 heavy (non-hydrogen) atoms. The number of benzene rings is 2. The monoisotopic (exact) mass is 319 g/mol. The van der Waals surface area contributed by atoms with Gasteiger partial charge in [0.1, 0.15) is 18.1 Å². The van der Waals surface area contributed by atoms with E-state index in [4.69, 9.17) is 14.6 Å². The van der Waals surface area contributed by atoms with E-state index >= 15 is 0 Å². The highest BCUT2D eigenvalue weighted by atomic mass is 19.1. The van der Waals surface area contributed by atoms with Gasteiger partial charge in [-0.1, -0.05) is 18.2 Å². The van der Waals surface area contributed by atoms with Crippen LogP contribution >= 0.6 is 0 Å². The lowest BCUT2D eigenvalue weighted by atomic mass is 10.3. The lowest BCUT2D eigenvalue weighted by Crippen LogP contribution is -2.33. The maximum atomic E-state index is 14.0. The first-order valence-electron chi connectivity index (χ1n) is 7.23. The van der Waals surface area contributed by atoms with Gasteiger partial charge in [-0.25, -0.2) is 9.18 Å². The highest BCUT2D eigenvalue weighted by Crippen LogP contribution is 2.26. The van der Waals surface area contributed by atoms with Crippen molar-refractivity contribution in [3.05, 3.63) is 54.3 Å². The molecular weight excluding hydrogens is 301 g/mol. The molecule has 0 atom stereocenters. The molecule has 0 saturated heterocycles. The SMILES string of the molecule is CCN(CCOc1ccc(Oc2ccccc2)cc1F)C(=O)O. The molecule has 0 fully saturated rings. The van der Waals surface area contributed by atoms with Crippen LogP contribution in [0.2, 0.25) is 0 Å². The number of carboxylic acid groups (broad SMARTS) is 1. The van der Waals surface area contributed by atoms with Crippen LogP contribution in [0.3, 0.4) is 0 Å². The van der Waals surface area contributed by atoms with Crippen molar-refractivity contribution in [2.24, 2.45) is 0 Å². The molecule has 122 valence electrons. The van der Waals surface area contributed by atoms with Crippen molar-refractivity contribution in [2.45, 2.75) is 6.92 Å². The summed E-state index contributed by atoms with van der Waals surface area (Å²) in [6.45, 7) is 2.33. The molecule has 2 aromatic carbocycles. The van der Waals surface area contributed by atoms with Crippen LogP contribution in [-0.2, 0) is 0 Å². The minimum absolute atomic E-state index is 0.0619. The molecule has 6 heteroatoms. The molecular formula is C17H18FNO4. The van der Waals surface area contributed by atoms with Crippen molar-refractivity contribution in [2.75, 3.05) is 19.7 Å². The minimum atomic E-state index is -1.02. The topological polar surface area (TPSA) is 59.0 Å². The highest BCUT2D eigenvalue weighted by molar-refractivity contribution is 5.64. The Kier molecular flexibility index (Phi) is 5.80. The summed E-state index contributed by atoms with van der Waals surface area (Å²) in [5.41, 5.74) is 0. The highest BCUT2D eigenvalue weighted by Gasteiger charge is 2.10. The number of nitrogens with zero attached hydrogens (tertiary/aromatic N) is 1. The zero-order chi connectivity index (χ0) is 16.7. The molecule has 0 aromatic heterocycles. The predicted octanol–water partition coefficient (Wildman–Crippen LogP) is 4.00. The fourth-order valence-electron chi connectivity index (χ4n) is 1.94. The Morgan fingerprint density at radius 3 is 2.52 bits per heavy atom. The molecule has 0 spiro atoms. The van der Waals surface area contributed by atoms with Crippen LogP contribution in [0.1, 0.15) is 6.92 Å². The summed E-state index contributed by atoms with van der Waals surface area (Å²) in [6.07, 6.45) is -1.02. The van der Waals surface area contributed by atoms with Crippen molar-refractivity contribution in [3.8, 4) is 17.2 Å². The lowest BCUT2D eigenvalue weighted by Gasteiger charge is -2.17. The Morgan fingerprint density at radius 2 is 1.91 bits per heavy atom. The first kappa shape index (κ1) is 16.6. The molecule has 0 aliphatic carbocycles. The fraction of sp³-hybridized carbons (Fsp3) is 0.235. The number of likely N-dealkylation sites (N-methyl/N-ethyl adjacent to an activating group) is 1. The Bertz CT molecular complexity index is 648. The molecule has 0 radical (unpaired) electrons. The van der Waals surface area contributed by atoms with E-state index in [0.717, 1.165) is 0 Å². The Labute approximate surface area is 133 Å². The normalized spacial score (nSPS) is 10.2. The van der Waals surface area contributed by atoms with Gasteiger partial charge in [-0.3, -0.25) is 0 Å². The number of ether oxygens (including phenoxy) is 2. The van der Waals surface area contributed by atoms with Crippen LogP contribution < -0.4 is 9.47 Å². The first-order valence-corrected chi connectivity index (χ1v) is 7.23. The summed E-state index contributed by atoms with van der Waals surface area (Å²) in [7, 11) is 0. The fourth-order valence-corrected chi connectivity index (χ4v) is 1.94. The largest absolute Gasteiger partial charge is 0.489 e. The zero-order valence-electron chi connectivity index (χ0n) is 12.7. The van der Waals surface area contributed by atoms with Crippen LogP contribution in [0.25, 0.3) is 0 Å². The molecule has 0 aliphatic rings. The van der Waals surface area contributed by atoms with Gasteiger partial charge in [-0.15, -0.1) is 0 Å². The van der Waals surface area contributed by atoms with Crippen molar-refractivity contribution >= 4 is 6.09 Å². The molecule has 0 saturated carbocycles. The number of amides is 1. The number of carbonyl (C=O) groups is 1. The standard InChI is InChI=1S/C17H18FNO4/c1-2-19(17(20)21)10-11-22-16-9-8-14(12-15(16)18)23-13-6-4-3-5-7-13/h3-9,12H,2,10-11H2,1H3,(H,20,21). The number of rotatable bonds is 7. The van der Waals surface area contributed by atoms with Gasteiger partial charge in [-0.2, -0.15) is 0 Å². The first-order chi connectivity index (χ1) is 11.1. The second-order valence-electron chi connectivity index (χ2n) is 4.72. The van der Waals surface area contributed by atoms with E-state index in [1.165, 1.54) is 17.0 Å². The van der Waals surface area contributed by atoms with Crippen LogP contribution in [-0.4, -0.2) is 35.8 Å². The molecule has 0 bridgehead atoms. The lowest BCUT2D eigenvalue weighted by molar-refractivity contribution is 0.137. The van der Waals surface area contributed by atoms with Crippen LogP contribution in [0.15, 0.2) is 48.5 Å². The molecule has 2 aromatic rings. The third kappa shape index (κ3) is 4.88. The van der Waals surface area contributed by atoms with E-state index in [1.54, 1.807) is 25.1 Å². The van der Waals surface area contributed by atoms with E-state index in [-0.39, 0.29) is 18.9 Å². The van der Waals surface area contributed by atoms with Crippen LogP contribution in [0.4, 0.5) is 9.18 Å². The molecule has 1 N–H and O–H groups in total. The van der Waals surface area contributed by atoms with Gasteiger partial charge in [0, 0.05) is 12.6 Å². The number of halogens is 1. The average molecular weight is 319 g/mol. The summed E-state index contributed by atoms with van der Waals surface area (Å²) in [6, 6.07) is 13.3. The summed E-state index contributed by atoms with van der Waals surface area (Å²) < 4.78 is 24.8. The van der Waals surface area contributed by atoms with E-state index in [1.807, 2.05) is 18.2 Å². The molecule has 0 unspecified atom stereocenters. The van der Waals surface area contributed by atoms with Gasteiger partial charge in [0.05, 0.1) is 6.54 Å². The van der Waals surface area contributed by atoms with E-state index < -0.39 is 11.9 Å². The maximum absolute atomic E-state index is 14.0. The zero-order valence-corrected chi connectivity index (χ0v) is 12.7. The third-order valence-corrected chi connectivity index (χ3v) is 3.15. The van der Waals surface area contributed by atoms with Gasteiger partial charge < -0.3 is 19.5 Å². The van der Waals surface area contributed by atoms with Crippen LogP contribution in [0, 0.1) is 5.82 Å². The summed E-state index contributed by atoms with van der Waals surface area (Å²) in [4.78, 5) is 12.0. The van der Waals surface area contributed by atoms with Crippen molar-refractivity contribution in [1.29, 1.82) is 0 Å². The maximum Gasteiger partial charge on any atom is 0.407 e. The molecule has 0 heterocycles. The van der Waals surface area contributed by atoms with E-state index in [0.29, 0.717) is 18.0 Å². The summed E-state index contributed by atoms with van der Waals surface area (Å²) in [5, 5.41) is 8.88. The second kappa shape index (κ2) is 8.03. The Balaban J connectivity index is 1.93. The van der Waals surface area contributed by atoms with Gasteiger partial charge in [0.15, 0.2) is 11.6 Å². The molecule has 1 amide bonds. The Hall–Kier alpha value is -2.76. The van der Waals surface area contributed by atoms with Crippen LogP contribution in [0.5, 0.6) is 17.2 Å². The molecule has 2 rings (SSSR count). The quantitative estimate of drug-likeness (QED) is 0.838. The summed E-state index contributed by atoms with van der Waals surface area (Å²) in [5.74, 6) is 0.478. The van der Waals surface area contributed by atoms with Gasteiger partial charge in [-0.05, 0) is 31.2 Å². The van der Waals surface area contributed by atoms with Gasteiger partial charge >= 0.3 is 6.09 Å². The smallest absolute Gasteiger partial charge is 0.407 e. The Morgan fingerprint density at radius 1 is 1.17 bits per heavy atom. The van der Waals surface area contributed by atoms with Crippen molar-refractivity contribution in [3.63, 3.8) is 0 Å². The number of hydrogen-bond donors (Lipinski definition) is 1. The van der Waals surface area contributed by atoms with Crippen molar-refractivity contribution < 1.29 is 23.8 Å². The van der Waals surface area contributed by atoms with E-state index in [2.05, 4.69) is 0 Å². The molecule has 5 nitrogen and oxygen atoms in total. The predicted molar refractivity (Wildman–Crippen MR) is 83.7 cm³/mol. The number of para-hydroxylation sites is 1. The summed E-state index contributed by atoms with van der Waals surface area (Å²) >= 11 is 0. The third-order valence-electron chi connectivity index (χ3n) is 3.15. The van der Waals surface area contributed by atoms with Crippen molar-refractivity contribution in [1.82, 2.24) is 4.90 Å². The number of hydrogen-bond acceptors (Lipinski definition) is 3.